The van der Waals surface area contributed by atoms with Crippen molar-refractivity contribution in [2.45, 2.75) is 26.7 Å². The molecule has 0 aliphatic heterocycles. The van der Waals surface area contributed by atoms with E-state index < -0.39 is 23.7 Å². The van der Waals surface area contributed by atoms with Crippen LogP contribution in [0.15, 0.2) is 0 Å². The largest absolute Gasteiger partial charge is 0.481 e. The lowest BCUT2D eigenvalue weighted by Gasteiger charge is -2.26. The Morgan fingerprint density at radius 3 is 1.69 bits per heavy atom. The minimum atomic E-state index is -1.04. The summed E-state index contributed by atoms with van der Waals surface area (Å²) in [6.07, 6.45) is 5.73. The van der Waals surface area contributed by atoms with Gasteiger partial charge in [0.15, 0.2) is 0 Å². The van der Waals surface area contributed by atoms with Gasteiger partial charge in [-0.05, 0) is 95.7 Å². The van der Waals surface area contributed by atoms with Crippen LogP contribution in [0.25, 0.3) is 0 Å². The van der Waals surface area contributed by atoms with Crippen molar-refractivity contribution in [2.75, 3.05) is 13.1 Å². The number of hydrogen-bond donors (Lipinski definition) is 3. The first-order chi connectivity index (χ1) is 15.5. The van der Waals surface area contributed by atoms with Crippen LogP contribution in [-0.4, -0.2) is 30.1 Å². The molecule has 0 aromatic rings. The normalized spacial score (nSPS) is 10.3. The minimum absolute atomic E-state index is 0.262. The van der Waals surface area contributed by atoms with Crippen LogP contribution in [0.1, 0.15) is 26.7 Å². The molecular weight excluding hydrogens is 400 g/mol. The summed E-state index contributed by atoms with van der Waals surface area (Å²) in [4.78, 5) is 24.2. The molecule has 5 nitrogen and oxygen atoms in total. The van der Waals surface area contributed by atoms with Crippen LogP contribution in [-0.2, 0) is 9.59 Å². The van der Waals surface area contributed by atoms with E-state index in [2.05, 4.69) is 94.1 Å². The van der Waals surface area contributed by atoms with Gasteiger partial charge in [0, 0.05) is 19.0 Å². The van der Waals surface area contributed by atoms with Crippen molar-refractivity contribution >= 4 is 11.9 Å². The van der Waals surface area contributed by atoms with Gasteiger partial charge in [-0.2, -0.15) is 0 Å². The Balaban J connectivity index is 5.31. The second-order valence-corrected chi connectivity index (χ2v) is 5.89. The standard InChI is InChI=1S/C27H22N2O3/c1-4-7-8-9-10-11-12-13-14-15-16-17-18-19-20-23(5-2)25(24(6-3)27(31)32)26(30)29-22-21-28/h1,23-25H,5-6,21-22,28H2,2-3H3,(H,29,30)(H,31,32). The van der Waals surface area contributed by atoms with Gasteiger partial charge in [-0.3, -0.25) is 9.59 Å². The summed E-state index contributed by atoms with van der Waals surface area (Å²) in [5, 5.41) is 12.2. The first-order valence-corrected chi connectivity index (χ1v) is 9.70. The highest BCUT2D eigenvalue weighted by atomic mass is 16.4. The van der Waals surface area contributed by atoms with Gasteiger partial charge in [-0.1, -0.05) is 19.8 Å². The SMILES string of the molecule is C#CC#CC#CC#CC#CC#CC#CC#CC(CC)C(C(=O)NCCN)C(CC)C(=O)O. The molecule has 0 radical (unpaired) electrons. The van der Waals surface area contributed by atoms with Gasteiger partial charge in [-0.15, -0.1) is 6.42 Å². The molecule has 0 aromatic carbocycles. The number of aliphatic carboxylic acids is 1. The number of carboxylic acids is 1. The summed E-state index contributed by atoms with van der Waals surface area (Å²) in [6.45, 7) is 4.09. The second-order valence-electron chi connectivity index (χ2n) is 5.89. The highest BCUT2D eigenvalue weighted by molar-refractivity contribution is 5.85. The zero-order chi connectivity index (χ0) is 24.0. The first kappa shape index (κ1) is 27.4. The maximum absolute atomic E-state index is 12.6. The highest BCUT2D eigenvalue weighted by Crippen LogP contribution is 2.27. The lowest BCUT2D eigenvalue weighted by Crippen LogP contribution is -2.43. The summed E-state index contributed by atoms with van der Waals surface area (Å²) in [5.41, 5.74) is 5.42. The Morgan fingerprint density at radius 1 is 0.844 bits per heavy atom. The average Bonchev–Trinajstić information content (AvgIpc) is 2.78. The molecular formula is C27H22N2O3. The summed E-state index contributed by atoms with van der Waals surface area (Å²) >= 11 is 0. The van der Waals surface area contributed by atoms with E-state index in [1.54, 1.807) is 6.92 Å². The number of rotatable bonds is 8. The molecule has 0 aromatic heterocycles. The van der Waals surface area contributed by atoms with Gasteiger partial charge >= 0.3 is 5.97 Å². The van der Waals surface area contributed by atoms with Crippen molar-refractivity contribution in [1.29, 1.82) is 0 Å². The molecule has 0 saturated heterocycles. The van der Waals surface area contributed by atoms with E-state index in [-0.39, 0.29) is 19.0 Å². The van der Waals surface area contributed by atoms with Gasteiger partial charge in [0.05, 0.1) is 11.8 Å². The molecule has 0 saturated carbocycles. The topological polar surface area (TPSA) is 92.4 Å². The maximum atomic E-state index is 12.6. The Labute approximate surface area is 190 Å². The molecule has 0 aliphatic carbocycles. The summed E-state index contributed by atoms with van der Waals surface area (Å²) < 4.78 is 0. The van der Waals surface area contributed by atoms with Gasteiger partial charge < -0.3 is 16.2 Å². The lowest BCUT2D eigenvalue weighted by atomic mass is 9.78. The molecule has 4 N–H and O–H groups in total. The van der Waals surface area contributed by atoms with E-state index >= 15 is 0 Å². The van der Waals surface area contributed by atoms with Crippen molar-refractivity contribution < 1.29 is 14.7 Å². The second kappa shape index (κ2) is 18.4. The monoisotopic (exact) mass is 422 g/mol. The molecule has 3 unspecified atom stereocenters. The van der Waals surface area contributed by atoms with E-state index in [0.29, 0.717) is 12.8 Å². The van der Waals surface area contributed by atoms with E-state index in [4.69, 9.17) is 12.2 Å². The molecule has 5 heteroatoms. The van der Waals surface area contributed by atoms with Crippen LogP contribution in [0.3, 0.4) is 0 Å². The fraction of sp³-hybridized carbons (Fsp3) is 0.333. The molecule has 32 heavy (non-hydrogen) atoms. The fourth-order valence-corrected chi connectivity index (χ4v) is 2.50. The lowest BCUT2D eigenvalue weighted by molar-refractivity contribution is -0.148. The van der Waals surface area contributed by atoms with Crippen LogP contribution in [0, 0.1) is 113 Å². The predicted molar refractivity (Wildman–Crippen MR) is 124 cm³/mol. The van der Waals surface area contributed by atoms with Crippen LogP contribution in [0.4, 0.5) is 0 Å². The maximum Gasteiger partial charge on any atom is 0.307 e. The van der Waals surface area contributed by atoms with E-state index in [9.17, 15) is 14.7 Å². The number of nitrogens with one attached hydrogen (secondary N) is 1. The van der Waals surface area contributed by atoms with E-state index in [0.717, 1.165) is 0 Å². The molecule has 0 rings (SSSR count). The quantitative estimate of drug-likeness (QED) is 0.496. The zero-order valence-corrected chi connectivity index (χ0v) is 18.0. The zero-order valence-electron chi connectivity index (χ0n) is 18.0. The molecule has 0 spiro atoms. The molecule has 3 atom stereocenters. The molecule has 0 fully saturated rings. The molecule has 0 aliphatic rings. The first-order valence-electron chi connectivity index (χ1n) is 9.70. The van der Waals surface area contributed by atoms with Crippen LogP contribution in [0.2, 0.25) is 0 Å². The number of carboxylic acid groups (broad SMARTS) is 1. The number of nitrogens with two attached hydrogens (primary N) is 1. The summed E-state index contributed by atoms with van der Waals surface area (Å²) in [6, 6.07) is 0. The van der Waals surface area contributed by atoms with Crippen molar-refractivity contribution in [2.24, 2.45) is 23.5 Å². The fourth-order valence-electron chi connectivity index (χ4n) is 2.50. The van der Waals surface area contributed by atoms with Gasteiger partial charge in [0.1, 0.15) is 0 Å². The van der Waals surface area contributed by atoms with Crippen molar-refractivity contribution in [3.8, 4) is 95.2 Å². The third-order valence-electron chi connectivity index (χ3n) is 3.89. The van der Waals surface area contributed by atoms with Crippen LogP contribution < -0.4 is 11.1 Å². The number of carbonyl (C=O) groups is 2. The van der Waals surface area contributed by atoms with Crippen LogP contribution in [0.5, 0.6) is 0 Å². The molecule has 1 amide bonds. The average molecular weight is 422 g/mol. The number of terminal acetylenes is 1. The van der Waals surface area contributed by atoms with E-state index in [1.165, 1.54) is 0 Å². The number of amides is 1. The molecule has 158 valence electrons. The Kier molecular flexibility index (Phi) is 15.8. The van der Waals surface area contributed by atoms with Crippen molar-refractivity contribution in [3.63, 3.8) is 0 Å². The molecule has 0 heterocycles. The van der Waals surface area contributed by atoms with Gasteiger partial charge in [0.2, 0.25) is 5.91 Å². The Bertz CT molecular complexity index is 1160. The Hall–Kier alpha value is -4.62. The minimum Gasteiger partial charge on any atom is -0.481 e. The van der Waals surface area contributed by atoms with Crippen molar-refractivity contribution in [1.82, 2.24) is 5.32 Å². The number of carbonyl (C=O) groups excluding carboxylic acids is 1. The van der Waals surface area contributed by atoms with Gasteiger partial charge in [-0.25, -0.2) is 0 Å². The highest BCUT2D eigenvalue weighted by Gasteiger charge is 2.37. The van der Waals surface area contributed by atoms with Crippen LogP contribution >= 0.6 is 0 Å². The third kappa shape index (κ3) is 12.1. The van der Waals surface area contributed by atoms with Crippen molar-refractivity contribution in [3.05, 3.63) is 0 Å². The predicted octanol–water partition coefficient (Wildman–Crippen LogP) is 0.472. The summed E-state index contributed by atoms with van der Waals surface area (Å²) in [7, 11) is 0. The molecule has 0 bridgehead atoms. The third-order valence-corrected chi connectivity index (χ3v) is 3.89. The Morgan fingerprint density at radius 2 is 1.31 bits per heavy atom. The van der Waals surface area contributed by atoms with Gasteiger partial charge in [0.25, 0.3) is 0 Å². The van der Waals surface area contributed by atoms with E-state index in [1.807, 2.05) is 6.92 Å². The number of hydrogen-bond acceptors (Lipinski definition) is 3. The summed E-state index contributed by atoms with van der Waals surface area (Å²) in [5.74, 6) is 33.7. The smallest absolute Gasteiger partial charge is 0.307 e.